The number of nitrogens with two attached hydrogens (primary N) is 1. The SMILES string of the molecule is CC(C)(CNC1CCCC1CN)S(C)(=O)=O. The first kappa shape index (κ1) is 13.9. The fourth-order valence-corrected chi connectivity index (χ4v) is 2.44. The van der Waals surface area contributed by atoms with Crippen LogP contribution < -0.4 is 11.1 Å². The first-order chi connectivity index (χ1) is 7.28. The summed E-state index contributed by atoms with van der Waals surface area (Å²) in [5.41, 5.74) is 5.69. The largest absolute Gasteiger partial charge is 0.330 e. The molecular weight excluding hydrogens is 224 g/mol. The smallest absolute Gasteiger partial charge is 0.153 e. The summed E-state index contributed by atoms with van der Waals surface area (Å²) in [5, 5.41) is 3.37. The Morgan fingerprint density at radius 1 is 1.38 bits per heavy atom. The van der Waals surface area contributed by atoms with Gasteiger partial charge in [-0.2, -0.15) is 0 Å². The van der Waals surface area contributed by atoms with Gasteiger partial charge in [0, 0.05) is 18.8 Å². The quantitative estimate of drug-likeness (QED) is 0.744. The average molecular weight is 248 g/mol. The van der Waals surface area contributed by atoms with Crippen LogP contribution in [0.2, 0.25) is 0 Å². The summed E-state index contributed by atoms with van der Waals surface area (Å²) in [6.07, 6.45) is 4.76. The van der Waals surface area contributed by atoms with E-state index in [-0.39, 0.29) is 0 Å². The lowest BCUT2D eigenvalue weighted by atomic mass is 10.0. The van der Waals surface area contributed by atoms with Gasteiger partial charge in [-0.05, 0) is 39.2 Å². The molecule has 0 radical (unpaired) electrons. The van der Waals surface area contributed by atoms with Crippen LogP contribution in [0.15, 0.2) is 0 Å². The molecule has 1 aliphatic carbocycles. The third kappa shape index (κ3) is 3.18. The van der Waals surface area contributed by atoms with Crippen molar-refractivity contribution in [3.05, 3.63) is 0 Å². The van der Waals surface area contributed by atoms with Gasteiger partial charge in [0.2, 0.25) is 0 Å². The highest BCUT2D eigenvalue weighted by molar-refractivity contribution is 7.92. The zero-order valence-electron chi connectivity index (χ0n) is 10.5. The normalized spacial score (nSPS) is 27.2. The zero-order chi connectivity index (χ0) is 12.4. The van der Waals surface area contributed by atoms with E-state index in [1.807, 2.05) is 0 Å². The topological polar surface area (TPSA) is 72.2 Å². The van der Waals surface area contributed by atoms with Gasteiger partial charge in [0.15, 0.2) is 9.84 Å². The van der Waals surface area contributed by atoms with E-state index in [0.717, 1.165) is 12.8 Å². The maximum absolute atomic E-state index is 11.5. The van der Waals surface area contributed by atoms with E-state index in [0.29, 0.717) is 25.0 Å². The second-order valence-electron chi connectivity index (χ2n) is 5.45. The molecule has 3 N–H and O–H groups in total. The fourth-order valence-electron chi connectivity index (χ4n) is 2.10. The lowest BCUT2D eigenvalue weighted by molar-refractivity contribution is 0.389. The molecule has 2 unspecified atom stereocenters. The number of sulfone groups is 1. The van der Waals surface area contributed by atoms with Gasteiger partial charge in [0.1, 0.15) is 0 Å². The molecule has 0 bridgehead atoms. The van der Waals surface area contributed by atoms with Gasteiger partial charge < -0.3 is 11.1 Å². The van der Waals surface area contributed by atoms with E-state index in [4.69, 9.17) is 5.73 Å². The zero-order valence-corrected chi connectivity index (χ0v) is 11.3. The Bertz CT molecular complexity index is 325. The van der Waals surface area contributed by atoms with Crippen LogP contribution in [-0.2, 0) is 9.84 Å². The van der Waals surface area contributed by atoms with Crippen molar-refractivity contribution in [2.75, 3.05) is 19.3 Å². The first-order valence-corrected chi connectivity index (χ1v) is 7.80. The van der Waals surface area contributed by atoms with Gasteiger partial charge in [0.05, 0.1) is 4.75 Å². The second-order valence-corrected chi connectivity index (χ2v) is 8.10. The summed E-state index contributed by atoms with van der Waals surface area (Å²) < 4.78 is 22.4. The summed E-state index contributed by atoms with van der Waals surface area (Å²) in [4.78, 5) is 0. The van der Waals surface area contributed by atoms with E-state index >= 15 is 0 Å². The molecule has 0 spiro atoms. The van der Waals surface area contributed by atoms with Crippen LogP contribution in [0.25, 0.3) is 0 Å². The van der Waals surface area contributed by atoms with Crippen molar-refractivity contribution in [2.45, 2.75) is 43.9 Å². The van der Waals surface area contributed by atoms with Crippen molar-refractivity contribution in [1.82, 2.24) is 5.32 Å². The average Bonchev–Trinajstić information content (AvgIpc) is 2.60. The summed E-state index contributed by atoms with van der Waals surface area (Å²) in [6, 6.07) is 0.394. The van der Waals surface area contributed by atoms with Gasteiger partial charge in [-0.25, -0.2) is 8.42 Å². The Kier molecular flexibility index (Phi) is 4.37. The van der Waals surface area contributed by atoms with Crippen LogP contribution in [-0.4, -0.2) is 38.6 Å². The van der Waals surface area contributed by atoms with Crippen molar-refractivity contribution >= 4 is 9.84 Å². The minimum Gasteiger partial charge on any atom is -0.330 e. The van der Waals surface area contributed by atoms with Crippen molar-refractivity contribution < 1.29 is 8.42 Å². The third-order valence-electron chi connectivity index (χ3n) is 3.76. The molecule has 96 valence electrons. The Labute approximate surface area is 98.9 Å². The van der Waals surface area contributed by atoms with Crippen LogP contribution in [0.4, 0.5) is 0 Å². The first-order valence-electron chi connectivity index (χ1n) is 5.91. The van der Waals surface area contributed by atoms with Crippen LogP contribution in [0, 0.1) is 5.92 Å². The van der Waals surface area contributed by atoms with Crippen LogP contribution >= 0.6 is 0 Å². The summed E-state index contributed by atoms with van der Waals surface area (Å²) in [7, 11) is -3.01. The van der Waals surface area contributed by atoms with E-state index < -0.39 is 14.6 Å². The molecule has 1 rings (SSSR count). The highest BCUT2D eigenvalue weighted by Gasteiger charge is 2.33. The molecular formula is C11H24N2O2S. The summed E-state index contributed by atoms with van der Waals surface area (Å²) in [5.74, 6) is 0.510. The molecule has 4 nitrogen and oxygen atoms in total. The standard InChI is InChI=1S/C11H24N2O2S/c1-11(2,16(3,14)15)8-13-10-6-4-5-9(10)7-12/h9-10,13H,4-8,12H2,1-3H3. The molecule has 5 heteroatoms. The molecule has 2 atom stereocenters. The van der Waals surface area contributed by atoms with Crippen molar-refractivity contribution in [3.63, 3.8) is 0 Å². The maximum atomic E-state index is 11.5. The number of hydrogen-bond donors (Lipinski definition) is 2. The summed E-state index contributed by atoms with van der Waals surface area (Å²) in [6.45, 7) is 4.73. The monoisotopic (exact) mass is 248 g/mol. The minimum absolute atomic E-state index is 0.394. The molecule has 16 heavy (non-hydrogen) atoms. The Morgan fingerprint density at radius 2 is 2.00 bits per heavy atom. The Morgan fingerprint density at radius 3 is 2.50 bits per heavy atom. The third-order valence-corrected chi connectivity index (χ3v) is 5.91. The predicted molar refractivity (Wildman–Crippen MR) is 67.1 cm³/mol. The lowest BCUT2D eigenvalue weighted by Crippen LogP contribution is -2.47. The van der Waals surface area contributed by atoms with Crippen LogP contribution in [0.5, 0.6) is 0 Å². The molecule has 0 amide bonds. The van der Waals surface area contributed by atoms with E-state index in [2.05, 4.69) is 5.32 Å². The Hall–Kier alpha value is -0.130. The maximum Gasteiger partial charge on any atom is 0.153 e. The van der Waals surface area contributed by atoms with Gasteiger partial charge in [-0.3, -0.25) is 0 Å². The number of nitrogens with one attached hydrogen (secondary N) is 1. The Balaban J connectivity index is 2.51. The van der Waals surface area contributed by atoms with Crippen LogP contribution in [0.3, 0.4) is 0 Å². The van der Waals surface area contributed by atoms with E-state index in [1.165, 1.54) is 12.7 Å². The molecule has 0 aromatic heterocycles. The number of rotatable bonds is 5. The molecule has 1 aliphatic rings. The molecule has 0 heterocycles. The molecule has 1 fully saturated rings. The molecule has 1 saturated carbocycles. The van der Waals surface area contributed by atoms with Crippen LogP contribution in [0.1, 0.15) is 33.1 Å². The molecule has 0 aromatic carbocycles. The number of hydrogen-bond acceptors (Lipinski definition) is 4. The van der Waals surface area contributed by atoms with Gasteiger partial charge in [-0.15, -0.1) is 0 Å². The van der Waals surface area contributed by atoms with E-state index in [1.54, 1.807) is 13.8 Å². The minimum atomic E-state index is -3.01. The fraction of sp³-hybridized carbons (Fsp3) is 1.00. The van der Waals surface area contributed by atoms with E-state index in [9.17, 15) is 8.42 Å². The lowest BCUT2D eigenvalue weighted by Gasteiger charge is -2.27. The summed E-state index contributed by atoms with van der Waals surface area (Å²) >= 11 is 0. The van der Waals surface area contributed by atoms with Crippen molar-refractivity contribution in [1.29, 1.82) is 0 Å². The highest BCUT2D eigenvalue weighted by atomic mass is 32.2. The van der Waals surface area contributed by atoms with Crippen molar-refractivity contribution in [2.24, 2.45) is 11.7 Å². The van der Waals surface area contributed by atoms with Crippen molar-refractivity contribution in [3.8, 4) is 0 Å². The van der Waals surface area contributed by atoms with Gasteiger partial charge >= 0.3 is 0 Å². The second kappa shape index (κ2) is 5.02. The predicted octanol–water partition coefficient (Wildman–Crippen LogP) is 0.527. The van der Waals surface area contributed by atoms with Gasteiger partial charge in [-0.1, -0.05) is 6.42 Å². The molecule has 0 saturated heterocycles. The molecule has 0 aromatic rings. The highest BCUT2D eigenvalue weighted by Crippen LogP contribution is 2.25. The van der Waals surface area contributed by atoms with Gasteiger partial charge in [0.25, 0.3) is 0 Å². The molecule has 0 aliphatic heterocycles.